The number of rotatable bonds is 2. The molecule has 9 heteroatoms. The summed E-state index contributed by atoms with van der Waals surface area (Å²) < 4.78 is 79.4. The van der Waals surface area contributed by atoms with Crippen LogP contribution in [0.2, 0.25) is 0 Å². The Labute approximate surface area is 169 Å². The van der Waals surface area contributed by atoms with Crippen LogP contribution in [0.15, 0.2) is 18.2 Å². The first-order chi connectivity index (χ1) is 12.4. The van der Waals surface area contributed by atoms with Gasteiger partial charge >= 0.3 is 12.4 Å². The van der Waals surface area contributed by atoms with Crippen molar-refractivity contribution in [2.45, 2.75) is 56.7 Å². The van der Waals surface area contributed by atoms with Gasteiger partial charge in [0.1, 0.15) is 24.7 Å². The fourth-order valence-corrected chi connectivity index (χ4v) is 6.22. The number of aliphatic hydroxyl groups is 1. The first-order valence-electron chi connectivity index (χ1n) is 9.19. The zero-order chi connectivity index (χ0) is 19.8. The van der Waals surface area contributed by atoms with Gasteiger partial charge in [-0.3, -0.25) is 0 Å². The summed E-state index contributed by atoms with van der Waals surface area (Å²) in [4.78, 5) is 0. The summed E-state index contributed by atoms with van der Waals surface area (Å²) in [6.45, 7) is 3.24. The molecule has 158 valence electrons. The molecule has 2 heterocycles. The van der Waals surface area contributed by atoms with E-state index in [0.717, 1.165) is 31.4 Å². The molecule has 0 spiro atoms. The van der Waals surface area contributed by atoms with Crippen molar-refractivity contribution >= 4 is 0 Å². The monoisotopic (exact) mass is 473 g/mol. The number of quaternary nitrogens is 1. The number of alkyl halides is 6. The molecule has 0 bridgehead atoms. The van der Waals surface area contributed by atoms with Crippen LogP contribution in [-0.4, -0.2) is 34.3 Å². The highest BCUT2D eigenvalue weighted by Crippen LogP contribution is 2.60. The highest BCUT2D eigenvalue weighted by molar-refractivity contribution is 5.33. The maximum absolute atomic E-state index is 13.2. The lowest BCUT2D eigenvalue weighted by atomic mass is 9.83. The third-order valence-corrected chi connectivity index (χ3v) is 7.46. The Morgan fingerprint density at radius 1 is 1.00 bits per heavy atom. The molecule has 4 rings (SSSR count). The summed E-state index contributed by atoms with van der Waals surface area (Å²) in [5.41, 5.74) is -2.77. The molecule has 0 amide bonds. The van der Waals surface area contributed by atoms with E-state index in [1.807, 2.05) is 0 Å². The van der Waals surface area contributed by atoms with Crippen molar-refractivity contribution < 1.29 is 52.9 Å². The van der Waals surface area contributed by atoms with Crippen LogP contribution in [-0.2, 0) is 18.9 Å². The Bertz CT molecular complexity index is 734. The Morgan fingerprint density at radius 2 is 1.57 bits per heavy atom. The minimum Gasteiger partial charge on any atom is -1.00 e. The zero-order valence-corrected chi connectivity index (χ0v) is 16.8. The first kappa shape index (κ1) is 21.9. The molecule has 0 unspecified atom stereocenters. The van der Waals surface area contributed by atoms with E-state index in [1.165, 1.54) is 0 Å². The Balaban J connectivity index is 0.00000225. The average molecular weight is 474 g/mol. The summed E-state index contributed by atoms with van der Waals surface area (Å²) in [7, 11) is 0. The minimum atomic E-state index is -4.84. The predicted molar refractivity (Wildman–Crippen MR) is 85.4 cm³/mol. The fourth-order valence-electron chi connectivity index (χ4n) is 6.22. The summed E-state index contributed by atoms with van der Waals surface area (Å²) >= 11 is 0. The Morgan fingerprint density at radius 3 is 2.11 bits per heavy atom. The maximum atomic E-state index is 13.2. The second kappa shape index (κ2) is 6.60. The van der Waals surface area contributed by atoms with Gasteiger partial charge in [-0.15, -0.1) is 0 Å². The lowest BCUT2D eigenvalue weighted by molar-refractivity contribution is -0.966. The molecule has 1 saturated carbocycles. The molecule has 0 aromatic heterocycles. The molecule has 0 radical (unpaired) electrons. The molecular formula is C19H22BrF6NO. The van der Waals surface area contributed by atoms with Crippen LogP contribution < -0.4 is 17.0 Å². The van der Waals surface area contributed by atoms with Crippen molar-refractivity contribution in [3.8, 4) is 0 Å². The zero-order valence-electron chi connectivity index (χ0n) is 15.2. The van der Waals surface area contributed by atoms with Gasteiger partial charge in [0.2, 0.25) is 0 Å². The molecule has 3 fully saturated rings. The molecule has 5 atom stereocenters. The summed E-state index contributed by atoms with van der Waals surface area (Å²) in [5, 5.41) is 10.5. The standard InChI is InChI=1S/C19H22F6NO.BrH/c1-17-12-2-3-15(17)16(27)10-26(17,5-4-12)9-11-6-13(18(20,21)22)8-14(7-11)19(23,24)25;/h6-8,12,15-16,27H,2-5,9-10H2,1H3;1H/q+1;/p-1/t12-,15+,16+,17+,26+;/m0./s1. The van der Waals surface area contributed by atoms with Gasteiger partial charge in [-0.05, 0) is 38.0 Å². The number of nitrogens with zero attached hydrogens (tertiary/aromatic N) is 1. The van der Waals surface area contributed by atoms with E-state index < -0.39 is 29.6 Å². The van der Waals surface area contributed by atoms with Crippen molar-refractivity contribution in [2.75, 3.05) is 13.1 Å². The van der Waals surface area contributed by atoms with E-state index >= 15 is 0 Å². The van der Waals surface area contributed by atoms with E-state index in [1.54, 1.807) is 0 Å². The fraction of sp³-hybridized carbons (Fsp3) is 0.684. The lowest BCUT2D eigenvalue weighted by Crippen LogP contribution is -3.00. The van der Waals surface area contributed by atoms with Crippen LogP contribution >= 0.6 is 0 Å². The van der Waals surface area contributed by atoms with Crippen molar-refractivity contribution in [1.82, 2.24) is 0 Å². The normalized spacial score (nSPS) is 37.1. The van der Waals surface area contributed by atoms with Gasteiger partial charge < -0.3 is 26.6 Å². The summed E-state index contributed by atoms with van der Waals surface area (Å²) in [5.74, 6) is 0.436. The second-order valence-electron chi connectivity index (χ2n) is 8.59. The molecule has 2 saturated heterocycles. The number of hydrogen-bond acceptors (Lipinski definition) is 1. The molecule has 2 nitrogen and oxygen atoms in total. The molecule has 1 N–H and O–H groups in total. The molecule has 28 heavy (non-hydrogen) atoms. The predicted octanol–water partition coefficient (Wildman–Crippen LogP) is 1.61. The smallest absolute Gasteiger partial charge is 0.416 e. The van der Waals surface area contributed by atoms with Gasteiger partial charge in [0.15, 0.2) is 0 Å². The second-order valence-corrected chi connectivity index (χ2v) is 8.59. The van der Waals surface area contributed by atoms with Crippen molar-refractivity contribution in [3.63, 3.8) is 0 Å². The van der Waals surface area contributed by atoms with Gasteiger partial charge in [0.05, 0.1) is 17.7 Å². The van der Waals surface area contributed by atoms with Gasteiger partial charge in [0.25, 0.3) is 0 Å². The van der Waals surface area contributed by atoms with E-state index in [2.05, 4.69) is 6.92 Å². The van der Waals surface area contributed by atoms with E-state index in [4.69, 9.17) is 0 Å². The lowest BCUT2D eigenvalue weighted by Gasteiger charge is -2.44. The molecule has 1 aromatic carbocycles. The highest BCUT2D eigenvalue weighted by atomic mass is 79.9. The van der Waals surface area contributed by atoms with Crippen LogP contribution in [0.25, 0.3) is 0 Å². The van der Waals surface area contributed by atoms with Crippen molar-refractivity contribution in [1.29, 1.82) is 0 Å². The first-order valence-corrected chi connectivity index (χ1v) is 9.19. The number of aliphatic hydroxyl groups excluding tert-OH is 1. The quantitative estimate of drug-likeness (QED) is 0.511. The third kappa shape index (κ3) is 3.08. The molecule has 2 aliphatic heterocycles. The Hall–Kier alpha value is -0.800. The van der Waals surface area contributed by atoms with Crippen molar-refractivity contribution in [3.05, 3.63) is 34.9 Å². The van der Waals surface area contributed by atoms with Gasteiger partial charge in [-0.2, -0.15) is 26.3 Å². The van der Waals surface area contributed by atoms with Gasteiger partial charge in [0, 0.05) is 23.8 Å². The van der Waals surface area contributed by atoms with E-state index in [9.17, 15) is 31.4 Å². The molecule has 1 aliphatic carbocycles. The summed E-state index contributed by atoms with van der Waals surface area (Å²) in [6.07, 6.45) is -7.48. The van der Waals surface area contributed by atoms with Crippen LogP contribution in [0, 0.1) is 11.8 Å². The minimum absolute atomic E-state index is 0. The largest absolute Gasteiger partial charge is 1.00 e. The number of benzene rings is 1. The maximum Gasteiger partial charge on any atom is 0.416 e. The van der Waals surface area contributed by atoms with Crippen LogP contribution in [0.4, 0.5) is 26.3 Å². The van der Waals surface area contributed by atoms with E-state index in [0.29, 0.717) is 23.5 Å². The van der Waals surface area contributed by atoms with Crippen LogP contribution in [0.1, 0.15) is 42.9 Å². The van der Waals surface area contributed by atoms with Crippen LogP contribution in [0.5, 0.6) is 0 Å². The van der Waals surface area contributed by atoms with Gasteiger partial charge in [-0.25, -0.2) is 0 Å². The third-order valence-electron chi connectivity index (χ3n) is 7.46. The topological polar surface area (TPSA) is 20.2 Å². The van der Waals surface area contributed by atoms with Crippen molar-refractivity contribution in [2.24, 2.45) is 11.8 Å². The molecule has 3 aliphatic rings. The average Bonchev–Trinajstić information content (AvgIpc) is 3.08. The molecular weight excluding hydrogens is 452 g/mol. The molecule has 1 aromatic rings. The highest BCUT2D eigenvalue weighted by Gasteiger charge is 2.70. The summed E-state index contributed by atoms with van der Waals surface area (Å²) in [6, 6.07) is 1.86. The Kier molecular flexibility index (Phi) is 5.16. The SMILES string of the molecule is C[C@@]12[C@H]3CC[C@@H]1[C@H](O)C[N@+]2(Cc1cc(C(F)(F)F)cc(C(F)(F)F)c1)CC3.[Br-]. The number of hydrogen-bond donors (Lipinski definition) is 1. The van der Waals surface area contributed by atoms with Gasteiger partial charge in [-0.1, -0.05) is 0 Å². The number of halogens is 7. The van der Waals surface area contributed by atoms with Crippen LogP contribution in [0.3, 0.4) is 0 Å². The van der Waals surface area contributed by atoms with E-state index in [-0.39, 0.29) is 46.6 Å².